The van der Waals surface area contributed by atoms with Crippen molar-refractivity contribution in [3.05, 3.63) is 24.3 Å². The number of nitrogens with zero attached hydrogens (tertiary/aromatic N) is 6. The van der Waals surface area contributed by atoms with Crippen LogP contribution >= 0.6 is 0 Å². The molecule has 3 heterocycles. The smallest absolute Gasteiger partial charge is 0.274 e. The first-order chi connectivity index (χ1) is 11.6. The molecule has 2 aliphatic heterocycles. The zero-order chi connectivity index (χ0) is 17.1. The van der Waals surface area contributed by atoms with Crippen molar-refractivity contribution in [2.24, 2.45) is 5.10 Å². The van der Waals surface area contributed by atoms with Crippen molar-refractivity contribution in [2.45, 2.75) is 12.8 Å². The summed E-state index contributed by atoms with van der Waals surface area (Å²) in [5, 5.41) is 5.26. The molecule has 3 amide bonds. The van der Waals surface area contributed by atoms with Crippen LogP contribution in [0.1, 0.15) is 23.3 Å². The van der Waals surface area contributed by atoms with Gasteiger partial charge < -0.3 is 9.80 Å². The number of rotatable bonds is 2. The molecule has 0 aliphatic carbocycles. The second kappa shape index (κ2) is 6.73. The molecule has 9 heteroatoms. The number of hydrogen-bond acceptors (Lipinski definition) is 6. The van der Waals surface area contributed by atoms with Crippen LogP contribution in [-0.4, -0.2) is 81.4 Å². The quantitative estimate of drug-likeness (QED) is 0.719. The maximum Gasteiger partial charge on any atom is 0.274 e. The lowest BCUT2D eigenvalue weighted by Crippen LogP contribution is -2.52. The van der Waals surface area contributed by atoms with Crippen LogP contribution in [0.4, 0.5) is 0 Å². The fourth-order valence-corrected chi connectivity index (χ4v) is 2.69. The van der Waals surface area contributed by atoms with E-state index in [0.717, 1.165) is 0 Å². The molecule has 1 saturated heterocycles. The van der Waals surface area contributed by atoms with Crippen molar-refractivity contribution >= 4 is 23.4 Å². The summed E-state index contributed by atoms with van der Waals surface area (Å²) >= 11 is 0. The van der Waals surface area contributed by atoms with Gasteiger partial charge in [0.1, 0.15) is 11.4 Å². The largest absolute Gasteiger partial charge is 0.334 e. The van der Waals surface area contributed by atoms with E-state index in [2.05, 4.69) is 15.1 Å². The highest BCUT2D eigenvalue weighted by molar-refractivity contribution is 6.39. The number of aromatic nitrogens is 2. The summed E-state index contributed by atoms with van der Waals surface area (Å²) in [5.74, 6) is -0.442. The summed E-state index contributed by atoms with van der Waals surface area (Å²) in [6.45, 7) is 1.73. The lowest BCUT2D eigenvalue weighted by molar-refractivity contribution is -0.131. The van der Waals surface area contributed by atoms with Gasteiger partial charge in [0.2, 0.25) is 5.91 Å². The number of hydrazone groups is 1. The Morgan fingerprint density at radius 3 is 2.25 bits per heavy atom. The van der Waals surface area contributed by atoms with E-state index in [-0.39, 0.29) is 17.7 Å². The second-order valence-corrected chi connectivity index (χ2v) is 5.64. The summed E-state index contributed by atoms with van der Waals surface area (Å²) in [6, 6.07) is 0. The minimum atomic E-state index is -0.185. The van der Waals surface area contributed by atoms with Crippen molar-refractivity contribution in [1.29, 1.82) is 0 Å². The van der Waals surface area contributed by atoms with E-state index in [1.807, 2.05) is 0 Å². The molecule has 24 heavy (non-hydrogen) atoms. The van der Waals surface area contributed by atoms with E-state index in [1.54, 1.807) is 16.8 Å². The average Bonchev–Trinajstić information content (AvgIpc) is 2.63. The third-order valence-corrected chi connectivity index (χ3v) is 4.09. The van der Waals surface area contributed by atoms with Gasteiger partial charge in [-0.05, 0) is 0 Å². The van der Waals surface area contributed by atoms with E-state index in [1.165, 1.54) is 23.6 Å². The third kappa shape index (κ3) is 3.24. The lowest BCUT2D eigenvalue weighted by atomic mass is 10.1. The first-order valence-corrected chi connectivity index (χ1v) is 7.75. The van der Waals surface area contributed by atoms with Gasteiger partial charge in [0.15, 0.2) is 0 Å². The molecule has 3 rings (SSSR count). The van der Waals surface area contributed by atoms with Gasteiger partial charge in [-0.1, -0.05) is 0 Å². The second-order valence-electron chi connectivity index (χ2n) is 5.64. The van der Waals surface area contributed by atoms with Crippen LogP contribution in [0.15, 0.2) is 23.7 Å². The molecule has 0 spiro atoms. The zero-order valence-corrected chi connectivity index (χ0v) is 13.4. The monoisotopic (exact) mass is 330 g/mol. The number of amides is 3. The molecule has 0 unspecified atom stereocenters. The molecule has 0 radical (unpaired) electrons. The summed E-state index contributed by atoms with van der Waals surface area (Å²) in [7, 11) is 1.55. The van der Waals surface area contributed by atoms with Crippen LogP contribution in [0, 0.1) is 0 Å². The minimum Gasteiger partial charge on any atom is -0.334 e. The molecular formula is C15H18N6O3. The van der Waals surface area contributed by atoms with Crippen molar-refractivity contribution in [1.82, 2.24) is 24.8 Å². The molecule has 0 N–H and O–H groups in total. The van der Waals surface area contributed by atoms with Gasteiger partial charge in [0.25, 0.3) is 11.8 Å². The zero-order valence-electron chi connectivity index (χ0n) is 13.4. The predicted octanol–water partition coefficient (Wildman–Crippen LogP) is -0.631. The molecule has 1 aromatic rings. The van der Waals surface area contributed by atoms with Gasteiger partial charge in [0, 0.05) is 58.5 Å². The Bertz CT molecular complexity index is 682. The van der Waals surface area contributed by atoms with Gasteiger partial charge in [-0.25, -0.2) is 9.99 Å². The Morgan fingerprint density at radius 2 is 1.67 bits per heavy atom. The van der Waals surface area contributed by atoms with E-state index >= 15 is 0 Å². The maximum atomic E-state index is 12.5. The summed E-state index contributed by atoms with van der Waals surface area (Å²) in [4.78, 5) is 47.5. The molecule has 1 aromatic heterocycles. The Morgan fingerprint density at radius 1 is 1.00 bits per heavy atom. The Labute approximate surface area is 139 Å². The van der Waals surface area contributed by atoms with E-state index in [4.69, 9.17) is 0 Å². The molecule has 0 atom stereocenters. The van der Waals surface area contributed by atoms with Crippen molar-refractivity contribution < 1.29 is 14.4 Å². The van der Waals surface area contributed by atoms with Gasteiger partial charge >= 0.3 is 0 Å². The Balaban J connectivity index is 1.59. The molecule has 9 nitrogen and oxygen atoms in total. The van der Waals surface area contributed by atoms with Gasteiger partial charge in [-0.2, -0.15) is 5.10 Å². The first kappa shape index (κ1) is 16.0. The normalized spacial score (nSPS) is 18.5. The number of piperazine rings is 1. The van der Waals surface area contributed by atoms with Gasteiger partial charge in [-0.3, -0.25) is 19.4 Å². The van der Waals surface area contributed by atoms with Gasteiger partial charge in [-0.15, -0.1) is 0 Å². The summed E-state index contributed by atoms with van der Waals surface area (Å²) < 4.78 is 0. The highest BCUT2D eigenvalue weighted by Crippen LogP contribution is 2.12. The number of hydrogen-bond donors (Lipinski definition) is 0. The molecule has 2 aliphatic rings. The molecule has 0 aromatic carbocycles. The van der Waals surface area contributed by atoms with Crippen molar-refractivity contribution in [3.63, 3.8) is 0 Å². The van der Waals surface area contributed by atoms with Crippen LogP contribution in [-0.2, 0) is 9.59 Å². The van der Waals surface area contributed by atoms with E-state index in [0.29, 0.717) is 50.4 Å². The molecule has 0 saturated carbocycles. The van der Waals surface area contributed by atoms with Crippen LogP contribution in [0.3, 0.4) is 0 Å². The lowest BCUT2D eigenvalue weighted by Gasteiger charge is -2.35. The SMILES string of the molecule is CN1N=C(C(=O)N2CCN(C(=O)c3cnccn3)CC2)CCC1=O. The fourth-order valence-electron chi connectivity index (χ4n) is 2.69. The summed E-state index contributed by atoms with van der Waals surface area (Å²) in [5.41, 5.74) is 0.694. The highest BCUT2D eigenvalue weighted by Gasteiger charge is 2.30. The van der Waals surface area contributed by atoms with Crippen LogP contribution in [0.5, 0.6) is 0 Å². The molecular weight excluding hydrogens is 312 g/mol. The topological polar surface area (TPSA) is 99.1 Å². The van der Waals surface area contributed by atoms with Gasteiger partial charge in [0.05, 0.1) is 6.20 Å². The molecule has 126 valence electrons. The average molecular weight is 330 g/mol. The first-order valence-electron chi connectivity index (χ1n) is 7.75. The molecule has 1 fully saturated rings. The maximum absolute atomic E-state index is 12.5. The van der Waals surface area contributed by atoms with E-state index in [9.17, 15) is 14.4 Å². The van der Waals surface area contributed by atoms with Crippen LogP contribution < -0.4 is 0 Å². The van der Waals surface area contributed by atoms with Crippen LogP contribution in [0.2, 0.25) is 0 Å². The Hall–Kier alpha value is -2.84. The standard InChI is InChI=1S/C15H18N6O3/c1-19-13(22)3-2-11(18-19)14(23)20-6-8-21(9-7-20)15(24)12-10-16-4-5-17-12/h4-5,10H,2-3,6-9H2,1H3. The fraction of sp³-hybridized carbons (Fsp3) is 0.467. The van der Waals surface area contributed by atoms with Crippen molar-refractivity contribution in [3.8, 4) is 0 Å². The third-order valence-electron chi connectivity index (χ3n) is 4.09. The predicted molar refractivity (Wildman–Crippen MR) is 84.0 cm³/mol. The van der Waals surface area contributed by atoms with E-state index < -0.39 is 0 Å². The number of carbonyl (C=O) groups excluding carboxylic acids is 3. The number of carbonyl (C=O) groups is 3. The highest BCUT2D eigenvalue weighted by atomic mass is 16.2. The van der Waals surface area contributed by atoms with Crippen LogP contribution in [0.25, 0.3) is 0 Å². The van der Waals surface area contributed by atoms with Crippen molar-refractivity contribution in [2.75, 3.05) is 33.2 Å². The molecule has 0 bridgehead atoms. The Kier molecular flexibility index (Phi) is 4.50. The summed E-state index contributed by atoms with van der Waals surface area (Å²) in [6.07, 6.45) is 5.09. The minimum absolute atomic E-state index is 0.0917.